The molecule has 1 atom stereocenters. The molecule has 1 aromatic heterocycles. The largest absolute Gasteiger partial charge is 0.422 e. The Balaban J connectivity index is 1.53. The van der Waals surface area contributed by atoms with Crippen molar-refractivity contribution in [2.24, 2.45) is 0 Å². The number of hydrogen-bond donors (Lipinski definition) is 1. The molecule has 150 valence electrons. The van der Waals surface area contributed by atoms with Crippen molar-refractivity contribution in [2.45, 2.75) is 26.2 Å². The van der Waals surface area contributed by atoms with Gasteiger partial charge in [0.25, 0.3) is 5.91 Å². The number of carbonyl (C=O) groups is 1. The first-order valence-electron chi connectivity index (χ1n) is 10.1. The summed E-state index contributed by atoms with van der Waals surface area (Å²) in [5, 5.41) is 3.77. The van der Waals surface area contributed by atoms with Crippen LogP contribution in [0.5, 0.6) is 0 Å². The minimum Gasteiger partial charge on any atom is -0.422 e. The van der Waals surface area contributed by atoms with E-state index < -0.39 is 5.63 Å². The van der Waals surface area contributed by atoms with E-state index in [1.165, 1.54) is 5.56 Å². The lowest BCUT2D eigenvalue weighted by molar-refractivity contribution is 0.102. The van der Waals surface area contributed by atoms with Gasteiger partial charge in [0, 0.05) is 16.6 Å². The Kier molecular flexibility index (Phi) is 5.48. The van der Waals surface area contributed by atoms with Crippen LogP contribution in [0.15, 0.2) is 88.1 Å². The molecule has 4 aromatic rings. The van der Waals surface area contributed by atoms with Crippen molar-refractivity contribution >= 4 is 22.6 Å². The van der Waals surface area contributed by atoms with Gasteiger partial charge in [0.15, 0.2) is 0 Å². The fraction of sp³-hybridized carbons (Fsp3) is 0.154. The minimum atomic E-state index is -0.396. The lowest BCUT2D eigenvalue weighted by Gasteiger charge is -2.11. The molecule has 0 radical (unpaired) electrons. The van der Waals surface area contributed by atoms with Gasteiger partial charge < -0.3 is 9.73 Å². The van der Waals surface area contributed by atoms with Gasteiger partial charge in [-0.1, -0.05) is 56.3 Å². The van der Waals surface area contributed by atoms with Gasteiger partial charge in [-0.25, -0.2) is 4.79 Å². The number of nitrogens with one attached hydrogen (secondary N) is 1. The van der Waals surface area contributed by atoms with Crippen LogP contribution in [0.1, 0.15) is 42.1 Å². The van der Waals surface area contributed by atoms with Crippen molar-refractivity contribution in [3.63, 3.8) is 0 Å². The summed E-state index contributed by atoms with van der Waals surface area (Å²) in [6.07, 6.45) is 1.08. The first kappa shape index (κ1) is 19.6. The molecule has 0 aliphatic carbocycles. The zero-order valence-corrected chi connectivity index (χ0v) is 17.0. The van der Waals surface area contributed by atoms with Crippen LogP contribution < -0.4 is 10.9 Å². The van der Waals surface area contributed by atoms with Crippen LogP contribution in [0, 0.1) is 0 Å². The number of anilines is 1. The molecule has 1 unspecified atom stereocenters. The van der Waals surface area contributed by atoms with Gasteiger partial charge in [-0.15, -0.1) is 0 Å². The Hall–Kier alpha value is -3.66. The highest BCUT2D eigenvalue weighted by Gasteiger charge is 2.11. The summed E-state index contributed by atoms with van der Waals surface area (Å²) >= 11 is 0. The fourth-order valence-corrected chi connectivity index (χ4v) is 3.40. The zero-order valence-electron chi connectivity index (χ0n) is 17.0. The van der Waals surface area contributed by atoms with Gasteiger partial charge in [-0.3, -0.25) is 4.79 Å². The molecule has 0 saturated heterocycles. The van der Waals surface area contributed by atoms with Crippen molar-refractivity contribution < 1.29 is 9.21 Å². The lowest BCUT2D eigenvalue weighted by atomic mass is 9.98. The first-order chi connectivity index (χ1) is 14.5. The second kappa shape index (κ2) is 8.37. The summed E-state index contributed by atoms with van der Waals surface area (Å²) in [4.78, 5) is 24.9. The van der Waals surface area contributed by atoms with E-state index in [1.54, 1.807) is 30.3 Å². The third-order valence-corrected chi connectivity index (χ3v) is 5.45. The number of hydrogen-bond acceptors (Lipinski definition) is 3. The Bertz CT molecular complexity index is 1240. The Morgan fingerprint density at radius 3 is 2.37 bits per heavy atom. The molecular weight excluding hydrogens is 374 g/mol. The van der Waals surface area contributed by atoms with Gasteiger partial charge in [0.05, 0.1) is 5.56 Å². The van der Waals surface area contributed by atoms with E-state index in [1.807, 2.05) is 48.5 Å². The lowest BCUT2D eigenvalue weighted by Crippen LogP contribution is -2.12. The number of carbonyl (C=O) groups excluding carboxylic acids is 1. The number of para-hydroxylation sites is 1. The smallest absolute Gasteiger partial charge is 0.344 e. The summed E-state index contributed by atoms with van der Waals surface area (Å²) in [5.74, 6) is 0.304. The van der Waals surface area contributed by atoms with Crippen LogP contribution >= 0.6 is 0 Å². The summed E-state index contributed by atoms with van der Waals surface area (Å²) in [7, 11) is 0. The normalized spacial score (nSPS) is 11.9. The van der Waals surface area contributed by atoms with E-state index in [0.29, 0.717) is 28.2 Å². The number of benzene rings is 3. The molecule has 0 fully saturated rings. The molecule has 1 heterocycles. The van der Waals surface area contributed by atoms with Crippen molar-refractivity contribution in [2.75, 3.05) is 5.32 Å². The predicted molar refractivity (Wildman–Crippen MR) is 121 cm³/mol. The van der Waals surface area contributed by atoms with Crippen LogP contribution in [-0.4, -0.2) is 5.91 Å². The van der Waals surface area contributed by atoms with Crippen molar-refractivity contribution in [3.8, 4) is 11.1 Å². The zero-order chi connectivity index (χ0) is 21.1. The average molecular weight is 397 g/mol. The molecule has 4 heteroatoms. The van der Waals surface area contributed by atoms with Crippen molar-refractivity contribution in [1.82, 2.24) is 0 Å². The topological polar surface area (TPSA) is 59.3 Å². The quantitative estimate of drug-likeness (QED) is 0.406. The van der Waals surface area contributed by atoms with E-state index in [0.717, 1.165) is 17.5 Å². The van der Waals surface area contributed by atoms with Crippen LogP contribution in [0.3, 0.4) is 0 Å². The standard InChI is InChI=1S/C26H23NO3/c1-3-17(2)18-12-14-22(15-13-18)27-25(28)20-10-8-19(9-11-20)23-16-21-6-4-5-7-24(21)30-26(23)29/h4-17H,3H2,1-2H3,(H,27,28). The molecule has 3 aromatic carbocycles. The highest BCUT2D eigenvalue weighted by atomic mass is 16.4. The highest BCUT2D eigenvalue weighted by Crippen LogP contribution is 2.23. The molecular formula is C26H23NO3. The van der Waals surface area contributed by atoms with Crippen LogP contribution in [-0.2, 0) is 0 Å². The van der Waals surface area contributed by atoms with E-state index in [4.69, 9.17) is 4.42 Å². The molecule has 4 rings (SSSR count). The van der Waals surface area contributed by atoms with Gasteiger partial charge >= 0.3 is 5.63 Å². The Labute approximate surface area is 175 Å². The second-order valence-electron chi connectivity index (χ2n) is 7.45. The van der Waals surface area contributed by atoms with Gasteiger partial charge in [0.2, 0.25) is 0 Å². The maximum atomic E-state index is 12.6. The number of amides is 1. The molecule has 1 N–H and O–H groups in total. The van der Waals surface area contributed by atoms with Gasteiger partial charge in [-0.2, -0.15) is 0 Å². The molecule has 0 aliphatic rings. The first-order valence-corrected chi connectivity index (χ1v) is 10.1. The van der Waals surface area contributed by atoms with Crippen molar-refractivity contribution in [1.29, 1.82) is 0 Å². The van der Waals surface area contributed by atoms with Crippen molar-refractivity contribution in [3.05, 3.63) is 100 Å². The molecule has 0 spiro atoms. The van der Waals surface area contributed by atoms with Crippen LogP contribution in [0.25, 0.3) is 22.1 Å². The van der Waals surface area contributed by atoms with Gasteiger partial charge in [-0.05, 0) is 59.9 Å². The Morgan fingerprint density at radius 2 is 1.67 bits per heavy atom. The summed E-state index contributed by atoms with van der Waals surface area (Å²) in [6, 6.07) is 24.1. The maximum absolute atomic E-state index is 12.6. The molecule has 1 amide bonds. The molecule has 0 aliphatic heterocycles. The number of rotatable bonds is 5. The molecule has 30 heavy (non-hydrogen) atoms. The van der Waals surface area contributed by atoms with E-state index >= 15 is 0 Å². The van der Waals surface area contributed by atoms with Crippen LogP contribution in [0.2, 0.25) is 0 Å². The second-order valence-corrected chi connectivity index (χ2v) is 7.45. The van der Waals surface area contributed by atoms with Crippen LogP contribution in [0.4, 0.5) is 5.69 Å². The highest BCUT2D eigenvalue weighted by molar-refractivity contribution is 6.04. The number of fused-ring (bicyclic) bond motifs is 1. The summed E-state index contributed by atoms with van der Waals surface area (Å²) in [6.45, 7) is 4.34. The third-order valence-electron chi connectivity index (χ3n) is 5.45. The van der Waals surface area contributed by atoms with E-state index in [2.05, 4.69) is 19.2 Å². The van der Waals surface area contributed by atoms with Gasteiger partial charge in [0.1, 0.15) is 5.58 Å². The minimum absolute atomic E-state index is 0.191. The summed E-state index contributed by atoms with van der Waals surface area (Å²) in [5.41, 5.74) is 3.88. The third kappa shape index (κ3) is 4.03. The molecule has 0 bridgehead atoms. The predicted octanol–water partition coefficient (Wildman–Crippen LogP) is 6.23. The fourth-order valence-electron chi connectivity index (χ4n) is 3.40. The SMILES string of the molecule is CCC(C)c1ccc(NC(=O)c2ccc(-c3cc4ccccc4oc3=O)cc2)cc1. The molecule has 4 nitrogen and oxygen atoms in total. The summed E-state index contributed by atoms with van der Waals surface area (Å²) < 4.78 is 5.40. The Morgan fingerprint density at radius 1 is 0.967 bits per heavy atom. The average Bonchev–Trinajstić information content (AvgIpc) is 2.78. The van der Waals surface area contributed by atoms with E-state index in [9.17, 15) is 9.59 Å². The van der Waals surface area contributed by atoms with E-state index in [-0.39, 0.29) is 5.91 Å². The maximum Gasteiger partial charge on any atom is 0.344 e. The monoisotopic (exact) mass is 397 g/mol. The molecule has 0 saturated carbocycles.